The molecule has 2 N–H and O–H groups in total. The molecule has 2 aromatic carbocycles. The normalized spacial score (nSPS) is 11.8. The smallest absolute Gasteiger partial charge is 0.124 e. The Labute approximate surface area is 178 Å². The van der Waals surface area contributed by atoms with Gasteiger partial charge in [0.25, 0.3) is 0 Å². The third kappa shape index (κ3) is 6.23. The van der Waals surface area contributed by atoms with E-state index in [9.17, 15) is 8.78 Å². The van der Waals surface area contributed by atoms with E-state index in [2.05, 4.69) is 37.4 Å². The van der Waals surface area contributed by atoms with E-state index in [-0.39, 0.29) is 28.9 Å². The van der Waals surface area contributed by atoms with E-state index in [0.717, 1.165) is 27.3 Å². The Balaban J connectivity index is 2.21. The summed E-state index contributed by atoms with van der Waals surface area (Å²) in [6, 6.07) is 8.19. The molecule has 0 fully saturated rings. The maximum absolute atomic E-state index is 14.1. The summed E-state index contributed by atoms with van der Waals surface area (Å²) in [5.74, 6) is 0.382. The molecule has 0 aliphatic rings. The number of rotatable bonds is 7. The van der Waals surface area contributed by atoms with Crippen molar-refractivity contribution in [1.29, 1.82) is 0 Å². The molecule has 0 saturated carbocycles. The molecule has 29 heavy (non-hydrogen) atoms. The van der Waals surface area contributed by atoms with Crippen molar-refractivity contribution >= 4 is 17.6 Å². The highest BCUT2D eigenvalue weighted by molar-refractivity contribution is 7.97. The van der Waals surface area contributed by atoms with Gasteiger partial charge in [-0.3, -0.25) is 0 Å². The number of halogens is 2. The minimum atomic E-state index is -0.261. The van der Waals surface area contributed by atoms with E-state index in [1.165, 1.54) is 18.0 Å². The lowest BCUT2D eigenvalue weighted by atomic mass is 9.87. The second-order valence-electron chi connectivity index (χ2n) is 9.00. The Morgan fingerprint density at radius 1 is 0.897 bits per heavy atom. The van der Waals surface area contributed by atoms with Crippen LogP contribution >= 0.6 is 11.9 Å². The zero-order valence-electron chi connectivity index (χ0n) is 18.4. The summed E-state index contributed by atoms with van der Waals surface area (Å²) in [6.45, 7) is 18.4. The van der Waals surface area contributed by atoms with Crippen LogP contribution in [0.5, 0.6) is 0 Å². The van der Waals surface area contributed by atoms with Crippen LogP contribution in [0.15, 0.2) is 47.6 Å². The maximum Gasteiger partial charge on any atom is 0.124 e. The lowest BCUT2D eigenvalue weighted by Gasteiger charge is -2.23. The number of hydrogen-bond acceptors (Lipinski definition) is 3. The predicted octanol–water partition coefficient (Wildman–Crippen LogP) is 7.69. The Kier molecular flexibility index (Phi) is 7.39. The molecule has 0 amide bonds. The molecule has 2 nitrogen and oxygen atoms in total. The van der Waals surface area contributed by atoms with Gasteiger partial charge in [0.05, 0.1) is 0 Å². The lowest BCUT2D eigenvalue weighted by Crippen LogP contribution is -2.15. The van der Waals surface area contributed by atoms with Crippen molar-refractivity contribution in [1.82, 2.24) is 4.72 Å². The van der Waals surface area contributed by atoms with Crippen LogP contribution in [-0.4, -0.2) is 0 Å². The molecule has 0 atom stereocenters. The largest absolute Gasteiger partial charge is 0.341 e. The SMILES string of the molecule is C=C(NSc1cc(F)cc(C(C)(C)C)c1)Nc1c(C(C)C)cc(F)cc1C(C)C. The van der Waals surface area contributed by atoms with E-state index in [4.69, 9.17) is 0 Å². The second-order valence-corrected chi connectivity index (χ2v) is 9.88. The average molecular weight is 419 g/mol. The van der Waals surface area contributed by atoms with Crippen LogP contribution < -0.4 is 10.0 Å². The molecule has 158 valence electrons. The van der Waals surface area contributed by atoms with E-state index >= 15 is 0 Å². The molecule has 2 rings (SSSR count). The van der Waals surface area contributed by atoms with Gasteiger partial charge >= 0.3 is 0 Å². The van der Waals surface area contributed by atoms with Crippen molar-refractivity contribution in [2.75, 3.05) is 5.32 Å². The molecule has 0 saturated heterocycles. The van der Waals surface area contributed by atoms with E-state index < -0.39 is 0 Å². The van der Waals surface area contributed by atoms with Crippen LogP contribution in [0.4, 0.5) is 14.5 Å². The quantitative estimate of drug-likeness (QED) is 0.451. The molecule has 2 aromatic rings. The second kappa shape index (κ2) is 9.21. The van der Waals surface area contributed by atoms with E-state index in [1.54, 1.807) is 18.2 Å². The Morgan fingerprint density at radius 2 is 1.41 bits per heavy atom. The van der Waals surface area contributed by atoms with Gasteiger partial charge in [0.2, 0.25) is 0 Å². The molecule has 0 radical (unpaired) electrons. The molecule has 0 aliphatic heterocycles. The van der Waals surface area contributed by atoms with Crippen molar-refractivity contribution in [3.63, 3.8) is 0 Å². The van der Waals surface area contributed by atoms with Crippen molar-refractivity contribution in [2.24, 2.45) is 0 Å². The first-order valence-corrected chi connectivity index (χ1v) is 10.7. The molecule has 5 heteroatoms. The highest BCUT2D eigenvalue weighted by atomic mass is 32.2. The number of benzene rings is 2. The Bertz CT molecular complexity index is 854. The summed E-state index contributed by atoms with van der Waals surface area (Å²) in [7, 11) is 0. The van der Waals surface area contributed by atoms with Gasteiger partial charge in [-0.2, -0.15) is 0 Å². The van der Waals surface area contributed by atoms with Crippen LogP contribution in [0.3, 0.4) is 0 Å². The average Bonchev–Trinajstić information content (AvgIpc) is 2.59. The summed E-state index contributed by atoms with van der Waals surface area (Å²) < 4.78 is 31.3. The number of anilines is 1. The molecule has 0 heterocycles. The van der Waals surface area contributed by atoms with Crippen LogP contribution in [0.2, 0.25) is 0 Å². The first-order valence-electron chi connectivity index (χ1n) is 9.91. The highest BCUT2D eigenvalue weighted by Gasteiger charge is 2.18. The summed E-state index contributed by atoms with van der Waals surface area (Å²) >= 11 is 1.30. The van der Waals surface area contributed by atoms with Crippen LogP contribution in [-0.2, 0) is 5.41 Å². The lowest BCUT2D eigenvalue weighted by molar-refractivity contribution is 0.568. The van der Waals surface area contributed by atoms with Gasteiger partial charge in [0.1, 0.15) is 17.5 Å². The Morgan fingerprint density at radius 3 is 1.90 bits per heavy atom. The predicted molar refractivity (Wildman–Crippen MR) is 121 cm³/mol. The topological polar surface area (TPSA) is 24.1 Å². The summed E-state index contributed by atoms with van der Waals surface area (Å²) in [5, 5.41) is 3.31. The standard InChI is InChI=1S/C24H32F2N2S/c1-14(2)21-12-19(26)13-22(15(3)4)23(21)27-16(5)28-29-20-10-17(24(6,7)8)9-18(25)11-20/h9-15,27-28H,5H2,1-4,6-8H3. The molecule has 0 spiro atoms. The highest BCUT2D eigenvalue weighted by Crippen LogP contribution is 2.34. The molecular formula is C24H32F2N2S. The van der Waals surface area contributed by atoms with E-state index in [1.807, 2.05) is 33.8 Å². The van der Waals surface area contributed by atoms with Gasteiger partial charge < -0.3 is 10.0 Å². The number of nitrogens with one attached hydrogen (secondary N) is 2. The van der Waals surface area contributed by atoms with Crippen molar-refractivity contribution in [2.45, 2.75) is 70.6 Å². The minimum Gasteiger partial charge on any atom is -0.341 e. The van der Waals surface area contributed by atoms with Crippen LogP contribution in [0.1, 0.15) is 77.0 Å². The zero-order valence-corrected chi connectivity index (χ0v) is 19.2. The van der Waals surface area contributed by atoms with Gasteiger partial charge in [-0.15, -0.1) is 0 Å². The van der Waals surface area contributed by atoms with E-state index in [0.29, 0.717) is 5.82 Å². The van der Waals surface area contributed by atoms with Gasteiger partial charge in [-0.05, 0) is 76.2 Å². The molecule has 0 aliphatic carbocycles. The third-order valence-corrected chi connectivity index (χ3v) is 5.53. The molecule has 0 unspecified atom stereocenters. The van der Waals surface area contributed by atoms with Crippen LogP contribution in [0.25, 0.3) is 0 Å². The summed E-state index contributed by atoms with van der Waals surface area (Å²) in [5.41, 5.74) is 3.48. The van der Waals surface area contributed by atoms with Crippen LogP contribution in [0, 0.1) is 11.6 Å². The van der Waals surface area contributed by atoms with Gasteiger partial charge in [-0.1, -0.05) is 55.0 Å². The Hall–Kier alpha value is -2.01. The van der Waals surface area contributed by atoms with Gasteiger partial charge in [-0.25, -0.2) is 8.78 Å². The fourth-order valence-electron chi connectivity index (χ4n) is 3.06. The fourth-order valence-corrected chi connectivity index (χ4v) is 3.71. The maximum atomic E-state index is 14.1. The van der Waals surface area contributed by atoms with Crippen molar-refractivity contribution < 1.29 is 8.78 Å². The van der Waals surface area contributed by atoms with Crippen molar-refractivity contribution in [3.8, 4) is 0 Å². The summed E-state index contributed by atoms with van der Waals surface area (Å²) in [4.78, 5) is 0.769. The first-order chi connectivity index (χ1) is 13.4. The third-order valence-electron chi connectivity index (χ3n) is 4.71. The monoisotopic (exact) mass is 418 g/mol. The van der Waals surface area contributed by atoms with Crippen molar-refractivity contribution in [3.05, 3.63) is 71.1 Å². The summed E-state index contributed by atoms with van der Waals surface area (Å²) in [6.07, 6.45) is 0. The minimum absolute atomic E-state index is 0.140. The first kappa shape index (κ1) is 23.3. The fraction of sp³-hybridized carbons (Fsp3) is 0.417. The zero-order chi connectivity index (χ0) is 21.9. The molecule has 0 bridgehead atoms. The molecular weight excluding hydrogens is 386 g/mol. The molecule has 0 aromatic heterocycles. The van der Waals surface area contributed by atoms with Gasteiger partial charge in [0.15, 0.2) is 0 Å². The van der Waals surface area contributed by atoms with Gasteiger partial charge in [0, 0.05) is 10.6 Å². The number of hydrogen-bond donors (Lipinski definition) is 2.